The number of rotatable bonds is 6. The predicted octanol–water partition coefficient (Wildman–Crippen LogP) is 2.88. The van der Waals surface area contributed by atoms with Crippen LogP contribution in [0.15, 0.2) is 34.9 Å². The van der Waals surface area contributed by atoms with Crippen LogP contribution in [-0.4, -0.2) is 42.4 Å². The van der Waals surface area contributed by atoms with Gasteiger partial charge in [0.1, 0.15) is 12.1 Å². The quantitative estimate of drug-likeness (QED) is 0.800. The average Bonchev–Trinajstić information content (AvgIpc) is 3.14. The van der Waals surface area contributed by atoms with Crippen molar-refractivity contribution in [3.8, 4) is 11.5 Å². The first kappa shape index (κ1) is 17.1. The van der Waals surface area contributed by atoms with E-state index in [-0.39, 0.29) is 23.4 Å². The minimum Gasteiger partial charge on any atom is -0.444 e. The number of hydrogen-bond donors (Lipinski definition) is 0. The van der Waals surface area contributed by atoms with E-state index in [0.717, 1.165) is 18.7 Å². The molecule has 1 unspecified atom stereocenters. The van der Waals surface area contributed by atoms with Gasteiger partial charge in [0.2, 0.25) is 5.89 Å². The minimum atomic E-state index is -2.91. The number of benzene rings is 1. The largest absolute Gasteiger partial charge is 0.444 e. The van der Waals surface area contributed by atoms with Crippen LogP contribution >= 0.6 is 0 Å². The molecule has 1 saturated heterocycles. The molecule has 0 amide bonds. The highest BCUT2D eigenvalue weighted by atomic mass is 32.2. The zero-order valence-corrected chi connectivity index (χ0v) is 14.4. The normalized spacial score (nSPS) is 19.9. The first-order valence-corrected chi connectivity index (χ1v) is 9.94. The van der Waals surface area contributed by atoms with Crippen molar-refractivity contribution >= 4 is 9.84 Å². The van der Waals surface area contributed by atoms with Crippen LogP contribution in [-0.2, 0) is 16.4 Å². The molecule has 130 valence electrons. The predicted molar refractivity (Wildman–Crippen MR) is 89.7 cm³/mol. The summed E-state index contributed by atoms with van der Waals surface area (Å²) in [4.78, 5) is 6.62. The van der Waals surface area contributed by atoms with Crippen molar-refractivity contribution in [2.75, 3.05) is 18.1 Å². The Balaban J connectivity index is 1.72. The molecule has 2 aromatic rings. The lowest BCUT2D eigenvalue weighted by atomic mass is 10.2. The van der Waals surface area contributed by atoms with E-state index < -0.39 is 9.84 Å². The summed E-state index contributed by atoms with van der Waals surface area (Å²) in [6, 6.07) is 6.02. The highest BCUT2D eigenvalue weighted by molar-refractivity contribution is 7.91. The Morgan fingerprint density at radius 1 is 1.33 bits per heavy atom. The Bertz CT molecular complexity index is 786. The van der Waals surface area contributed by atoms with Gasteiger partial charge in [-0.3, -0.25) is 4.90 Å². The third-order valence-corrected chi connectivity index (χ3v) is 5.99. The van der Waals surface area contributed by atoms with E-state index in [9.17, 15) is 12.8 Å². The van der Waals surface area contributed by atoms with Gasteiger partial charge in [-0.2, -0.15) is 0 Å². The smallest absolute Gasteiger partial charge is 0.226 e. The van der Waals surface area contributed by atoms with Crippen molar-refractivity contribution in [3.05, 3.63) is 42.0 Å². The Labute approximate surface area is 141 Å². The van der Waals surface area contributed by atoms with Crippen molar-refractivity contribution < 1.29 is 17.2 Å². The van der Waals surface area contributed by atoms with E-state index in [2.05, 4.69) is 16.8 Å². The summed E-state index contributed by atoms with van der Waals surface area (Å²) < 4.78 is 41.9. The van der Waals surface area contributed by atoms with E-state index in [1.54, 1.807) is 18.4 Å². The molecule has 24 heavy (non-hydrogen) atoms. The number of oxazole rings is 1. The molecule has 1 fully saturated rings. The van der Waals surface area contributed by atoms with Gasteiger partial charge in [0.15, 0.2) is 9.84 Å². The SMILES string of the molecule is CCCN(Cc1coc(-c2ccc(F)cc2)n1)C1CCS(=O)(=O)C1. The van der Waals surface area contributed by atoms with E-state index in [1.807, 2.05) is 0 Å². The second kappa shape index (κ2) is 7.03. The Morgan fingerprint density at radius 3 is 2.71 bits per heavy atom. The van der Waals surface area contributed by atoms with Crippen molar-refractivity contribution in [3.63, 3.8) is 0 Å². The number of halogens is 1. The zero-order valence-electron chi connectivity index (χ0n) is 13.6. The maximum absolute atomic E-state index is 13.0. The molecule has 1 aromatic heterocycles. The Kier molecular flexibility index (Phi) is 5.01. The second-order valence-corrected chi connectivity index (χ2v) is 8.41. The van der Waals surface area contributed by atoms with Crippen LogP contribution < -0.4 is 0 Å². The summed E-state index contributed by atoms with van der Waals surface area (Å²) in [5.74, 6) is 0.621. The fraction of sp³-hybridized carbons (Fsp3) is 0.471. The first-order valence-electron chi connectivity index (χ1n) is 8.11. The molecule has 1 aliphatic heterocycles. The lowest BCUT2D eigenvalue weighted by Gasteiger charge is -2.26. The average molecular weight is 352 g/mol. The van der Waals surface area contributed by atoms with Gasteiger partial charge in [-0.25, -0.2) is 17.8 Å². The molecule has 0 bridgehead atoms. The van der Waals surface area contributed by atoms with Gasteiger partial charge in [-0.1, -0.05) is 6.92 Å². The number of sulfone groups is 1. The standard InChI is InChI=1S/C17H21FN2O3S/c1-2-8-20(16-7-9-24(21,22)12-16)10-15-11-23-17(19-15)13-3-5-14(18)6-4-13/h3-6,11,16H,2,7-10,12H2,1H3. The summed E-state index contributed by atoms with van der Waals surface area (Å²) >= 11 is 0. The van der Waals surface area contributed by atoms with Gasteiger partial charge in [-0.05, 0) is 43.7 Å². The highest BCUT2D eigenvalue weighted by Gasteiger charge is 2.32. The molecule has 0 N–H and O–H groups in total. The topological polar surface area (TPSA) is 63.4 Å². The number of aromatic nitrogens is 1. The van der Waals surface area contributed by atoms with Crippen LogP contribution in [0.4, 0.5) is 4.39 Å². The molecule has 0 saturated carbocycles. The fourth-order valence-corrected chi connectivity index (χ4v) is 4.82. The summed E-state index contributed by atoms with van der Waals surface area (Å²) in [6.07, 6.45) is 3.20. The molecular formula is C17H21FN2O3S. The highest BCUT2D eigenvalue weighted by Crippen LogP contribution is 2.23. The molecule has 1 aromatic carbocycles. The fourth-order valence-electron chi connectivity index (χ4n) is 3.05. The summed E-state index contributed by atoms with van der Waals surface area (Å²) in [5, 5.41) is 0. The third kappa shape index (κ3) is 4.02. The van der Waals surface area contributed by atoms with Gasteiger partial charge >= 0.3 is 0 Å². The van der Waals surface area contributed by atoms with Crippen molar-refractivity contribution in [2.45, 2.75) is 32.4 Å². The molecule has 1 aliphatic rings. The van der Waals surface area contributed by atoms with E-state index in [4.69, 9.17) is 4.42 Å². The molecule has 5 nitrogen and oxygen atoms in total. The molecule has 3 rings (SSSR count). The monoisotopic (exact) mass is 352 g/mol. The van der Waals surface area contributed by atoms with Gasteiger partial charge in [0.25, 0.3) is 0 Å². The van der Waals surface area contributed by atoms with Gasteiger partial charge in [-0.15, -0.1) is 0 Å². The molecule has 7 heteroatoms. The van der Waals surface area contributed by atoms with Crippen LogP contribution in [0.1, 0.15) is 25.5 Å². The zero-order chi connectivity index (χ0) is 17.2. The first-order chi connectivity index (χ1) is 11.5. The van der Waals surface area contributed by atoms with Gasteiger partial charge in [0.05, 0.1) is 17.2 Å². The van der Waals surface area contributed by atoms with Gasteiger partial charge < -0.3 is 4.42 Å². The molecule has 1 atom stereocenters. The molecule has 0 radical (unpaired) electrons. The van der Waals surface area contributed by atoms with Crippen molar-refractivity contribution in [1.29, 1.82) is 0 Å². The number of nitrogens with zero attached hydrogens (tertiary/aromatic N) is 2. The molecule has 0 spiro atoms. The van der Waals surface area contributed by atoms with E-state index in [1.165, 1.54) is 12.1 Å². The molecular weight excluding hydrogens is 331 g/mol. The van der Waals surface area contributed by atoms with Crippen molar-refractivity contribution in [2.24, 2.45) is 0 Å². The summed E-state index contributed by atoms with van der Waals surface area (Å²) in [7, 11) is -2.91. The number of hydrogen-bond acceptors (Lipinski definition) is 5. The summed E-state index contributed by atoms with van der Waals surface area (Å²) in [5.41, 5.74) is 1.47. The Morgan fingerprint density at radius 2 is 2.08 bits per heavy atom. The van der Waals surface area contributed by atoms with Gasteiger partial charge in [0, 0.05) is 18.2 Å². The van der Waals surface area contributed by atoms with E-state index in [0.29, 0.717) is 24.4 Å². The van der Waals surface area contributed by atoms with Crippen LogP contribution in [0.2, 0.25) is 0 Å². The third-order valence-electron chi connectivity index (χ3n) is 4.24. The summed E-state index contributed by atoms with van der Waals surface area (Å²) in [6.45, 7) is 3.45. The van der Waals surface area contributed by atoms with Crippen LogP contribution in [0.3, 0.4) is 0 Å². The Hall–Kier alpha value is -1.73. The van der Waals surface area contributed by atoms with E-state index >= 15 is 0 Å². The maximum atomic E-state index is 13.0. The van der Waals surface area contributed by atoms with Crippen LogP contribution in [0.5, 0.6) is 0 Å². The molecule has 2 heterocycles. The second-order valence-electron chi connectivity index (χ2n) is 6.18. The maximum Gasteiger partial charge on any atom is 0.226 e. The van der Waals surface area contributed by atoms with Crippen LogP contribution in [0.25, 0.3) is 11.5 Å². The molecule has 0 aliphatic carbocycles. The lowest BCUT2D eigenvalue weighted by molar-refractivity contribution is 0.201. The van der Waals surface area contributed by atoms with Crippen LogP contribution in [0, 0.1) is 5.82 Å². The minimum absolute atomic E-state index is 0.0425. The lowest BCUT2D eigenvalue weighted by Crippen LogP contribution is -2.36. The van der Waals surface area contributed by atoms with Crippen molar-refractivity contribution in [1.82, 2.24) is 9.88 Å².